The first kappa shape index (κ1) is 39.4. The van der Waals surface area contributed by atoms with Gasteiger partial charge < -0.3 is 42.4 Å². The third kappa shape index (κ3) is 12.8. The fourth-order valence-electron chi connectivity index (χ4n) is 4.66. The number of nitrogens with one attached hydrogen (secondary N) is 3. The van der Waals surface area contributed by atoms with E-state index in [4.69, 9.17) is 21.3 Å². The molecule has 0 saturated heterocycles. The molecule has 0 aromatic heterocycles. The monoisotopic (exact) mass is 668 g/mol. The number of phenolic OH excluding ortho intramolecular Hbond substituents is 1. The highest BCUT2D eigenvalue weighted by atomic mass is 16.5. The van der Waals surface area contributed by atoms with Crippen molar-refractivity contribution in [3.05, 3.63) is 59.2 Å². The molecule has 0 aliphatic carbocycles. The lowest BCUT2D eigenvalue weighted by atomic mass is 9.76. The summed E-state index contributed by atoms with van der Waals surface area (Å²) in [6.07, 6.45) is 2.24. The van der Waals surface area contributed by atoms with Crippen molar-refractivity contribution in [2.45, 2.75) is 96.6 Å². The van der Waals surface area contributed by atoms with Gasteiger partial charge in [0.15, 0.2) is 12.6 Å². The van der Waals surface area contributed by atoms with Gasteiger partial charge in [-0.3, -0.25) is 24.2 Å². The molecule has 2 aromatic rings. The lowest BCUT2D eigenvalue weighted by Crippen LogP contribution is -2.55. The molecule has 13 nitrogen and oxygen atoms in total. The smallest absolute Gasteiger partial charge is 0.322 e. The molecule has 0 heterocycles. The zero-order chi connectivity index (χ0) is 36.1. The molecule has 13 heteroatoms. The number of carboxylic acid groups (broad SMARTS) is 1. The van der Waals surface area contributed by atoms with Crippen LogP contribution in [-0.2, 0) is 36.4 Å². The van der Waals surface area contributed by atoms with Crippen molar-refractivity contribution < 1.29 is 34.1 Å². The molecule has 0 aliphatic heterocycles. The number of hydrogen-bond donors (Lipinski definition) is 7. The number of hydrogen-bond acceptors (Lipinski definition) is 7. The number of ether oxygens (including phenoxy) is 1. The van der Waals surface area contributed by atoms with Crippen LogP contribution in [0.4, 0.5) is 0 Å². The average Bonchev–Trinajstić information content (AvgIpc) is 3.04. The Morgan fingerprint density at radius 2 is 1.46 bits per heavy atom. The van der Waals surface area contributed by atoms with Gasteiger partial charge in [0.2, 0.25) is 11.8 Å². The number of rotatable bonds is 19. The lowest BCUT2D eigenvalue weighted by molar-refractivity contribution is -0.138. The standard InChI is InChI=1S/C35H52N6O7/c1-7-34(3,4)23-17-24(35(5,6)8-2)19-26(18-23)48-21-29(43)40-28(16-22-11-13-25(42)14-12-22)32(47)41-27(10-9-15-38-33(36)37)31(46)39-20-30(44)45/h11-14,17-19,27-28,42H,7-10,15-16,20-21H2,1-6H3,(H,39,46)(H,40,43)(H,41,47)(H,44,45)(H4,36,37,38)/t27-,28-/m1/s1. The van der Waals surface area contributed by atoms with Crippen LogP contribution in [-0.4, -0.2) is 71.6 Å². The summed E-state index contributed by atoms with van der Waals surface area (Å²) in [7, 11) is 0. The lowest BCUT2D eigenvalue weighted by Gasteiger charge is -2.29. The van der Waals surface area contributed by atoms with Gasteiger partial charge in [-0.2, -0.15) is 0 Å². The van der Waals surface area contributed by atoms with Crippen molar-refractivity contribution in [2.24, 2.45) is 16.5 Å². The number of carboxylic acids is 1. The molecule has 0 bridgehead atoms. The summed E-state index contributed by atoms with van der Waals surface area (Å²) >= 11 is 0. The van der Waals surface area contributed by atoms with Gasteiger partial charge in [-0.25, -0.2) is 0 Å². The molecular weight excluding hydrogens is 616 g/mol. The third-order valence-electron chi connectivity index (χ3n) is 8.63. The number of carbonyl (C=O) groups excluding carboxylic acids is 3. The van der Waals surface area contributed by atoms with E-state index in [0.29, 0.717) is 17.7 Å². The van der Waals surface area contributed by atoms with Gasteiger partial charge in [-0.1, -0.05) is 59.7 Å². The molecule has 48 heavy (non-hydrogen) atoms. The number of carbonyl (C=O) groups is 4. The Morgan fingerprint density at radius 3 is 1.98 bits per heavy atom. The number of nitrogens with two attached hydrogens (primary N) is 2. The highest BCUT2D eigenvalue weighted by Crippen LogP contribution is 2.36. The van der Waals surface area contributed by atoms with Crippen molar-refractivity contribution in [3.63, 3.8) is 0 Å². The fraction of sp³-hybridized carbons (Fsp3) is 0.514. The van der Waals surface area contributed by atoms with Crippen LogP contribution in [0.2, 0.25) is 0 Å². The highest BCUT2D eigenvalue weighted by Gasteiger charge is 2.28. The quantitative estimate of drug-likeness (QED) is 0.0664. The van der Waals surface area contributed by atoms with Crippen molar-refractivity contribution in [2.75, 3.05) is 19.7 Å². The summed E-state index contributed by atoms with van der Waals surface area (Å²) in [6.45, 7) is 12.0. The van der Waals surface area contributed by atoms with Crippen LogP contribution < -0.4 is 32.2 Å². The van der Waals surface area contributed by atoms with Gasteiger partial charge in [0.25, 0.3) is 5.91 Å². The SMILES string of the molecule is CCC(C)(C)c1cc(OCC(=O)N[C@H](Cc2ccc(O)cc2)C(=O)N[C@H](CCCN=C(N)N)C(=O)NCC(=O)O)cc(C(C)(C)CC)c1. The second kappa shape index (κ2) is 17.9. The molecule has 2 rings (SSSR count). The Morgan fingerprint density at radius 1 is 0.875 bits per heavy atom. The Labute approximate surface area is 282 Å². The Hall–Kier alpha value is -4.81. The average molecular weight is 669 g/mol. The number of guanidine groups is 1. The van der Waals surface area contributed by atoms with Crippen molar-refractivity contribution in [1.29, 1.82) is 0 Å². The number of benzene rings is 2. The van der Waals surface area contributed by atoms with E-state index in [1.165, 1.54) is 12.1 Å². The summed E-state index contributed by atoms with van der Waals surface area (Å²) in [4.78, 5) is 54.7. The number of aromatic hydroxyl groups is 1. The Balaban J connectivity index is 2.30. The minimum atomic E-state index is -1.25. The minimum absolute atomic E-state index is 0.0321. The predicted octanol–water partition coefficient (Wildman–Crippen LogP) is 2.61. The van der Waals surface area contributed by atoms with E-state index < -0.39 is 42.3 Å². The number of nitrogens with zero attached hydrogens (tertiary/aromatic N) is 1. The first-order chi connectivity index (χ1) is 22.5. The molecule has 3 amide bonds. The van der Waals surface area contributed by atoms with E-state index in [9.17, 15) is 24.3 Å². The summed E-state index contributed by atoms with van der Waals surface area (Å²) in [6, 6.07) is 9.95. The van der Waals surface area contributed by atoms with Gasteiger partial charge in [0.05, 0.1) is 0 Å². The number of aliphatic carboxylic acids is 1. The maximum Gasteiger partial charge on any atom is 0.322 e. The highest BCUT2D eigenvalue weighted by molar-refractivity contribution is 5.93. The van der Waals surface area contributed by atoms with Gasteiger partial charge in [0, 0.05) is 13.0 Å². The number of amides is 3. The Kier molecular flexibility index (Phi) is 14.7. The van der Waals surface area contributed by atoms with Crippen LogP contribution >= 0.6 is 0 Å². The molecule has 9 N–H and O–H groups in total. The summed E-state index contributed by atoms with van der Waals surface area (Å²) in [5.74, 6) is -2.76. The predicted molar refractivity (Wildman–Crippen MR) is 185 cm³/mol. The van der Waals surface area contributed by atoms with Gasteiger partial charge in [-0.15, -0.1) is 0 Å². The molecule has 0 spiro atoms. The van der Waals surface area contributed by atoms with E-state index in [0.717, 1.165) is 24.0 Å². The van der Waals surface area contributed by atoms with E-state index in [1.807, 2.05) is 12.1 Å². The molecule has 0 fully saturated rings. The number of phenols is 1. The largest absolute Gasteiger partial charge is 0.508 e. The molecular formula is C35H52N6O7. The summed E-state index contributed by atoms with van der Waals surface area (Å²) in [5, 5.41) is 26.4. The molecule has 0 unspecified atom stereocenters. The van der Waals surface area contributed by atoms with Gasteiger partial charge in [-0.05, 0) is 77.5 Å². The van der Waals surface area contributed by atoms with E-state index in [-0.39, 0.29) is 48.5 Å². The molecule has 2 atom stereocenters. The molecule has 0 saturated carbocycles. The number of aliphatic imine (C=N–C) groups is 1. The van der Waals surface area contributed by atoms with Crippen LogP contribution in [0, 0.1) is 0 Å². The zero-order valence-corrected chi connectivity index (χ0v) is 28.9. The second-order valence-corrected chi connectivity index (χ2v) is 13.1. The van der Waals surface area contributed by atoms with Gasteiger partial charge in [0.1, 0.15) is 30.1 Å². The second-order valence-electron chi connectivity index (χ2n) is 13.1. The maximum atomic E-state index is 13.6. The van der Waals surface area contributed by atoms with Crippen LogP contribution in [0.15, 0.2) is 47.5 Å². The Bertz CT molecular complexity index is 1400. The fourth-order valence-corrected chi connectivity index (χ4v) is 4.66. The van der Waals surface area contributed by atoms with Gasteiger partial charge >= 0.3 is 5.97 Å². The molecule has 264 valence electrons. The van der Waals surface area contributed by atoms with Crippen LogP contribution in [0.25, 0.3) is 0 Å². The minimum Gasteiger partial charge on any atom is -0.508 e. The van der Waals surface area contributed by atoms with E-state index in [1.54, 1.807) is 12.1 Å². The maximum absolute atomic E-state index is 13.6. The normalized spacial score (nSPS) is 12.7. The van der Waals surface area contributed by atoms with E-state index in [2.05, 4.69) is 68.6 Å². The molecule has 0 radical (unpaired) electrons. The van der Waals surface area contributed by atoms with Crippen molar-refractivity contribution in [1.82, 2.24) is 16.0 Å². The summed E-state index contributed by atoms with van der Waals surface area (Å²) < 4.78 is 6.00. The summed E-state index contributed by atoms with van der Waals surface area (Å²) in [5.41, 5.74) is 13.3. The first-order valence-corrected chi connectivity index (χ1v) is 16.2. The topological polar surface area (TPSA) is 218 Å². The third-order valence-corrected chi connectivity index (χ3v) is 8.63. The van der Waals surface area contributed by atoms with Crippen LogP contribution in [0.1, 0.15) is 83.9 Å². The van der Waals surface area contributed by atoms with Crippen LogP contribution in [0.3, 0.4) is 0 Å². The molecule has 2 aromatic carbocycles. The molecule has 0 aliphatic rings. The van der Waals surface area contributed by atoms with Crippen LogP contribution in [0.5, 0.6) is 11.5 Å². The zero-order valence-electron chi connectivity index (χ0n) is 28.9. The van der Waals surface area contributed by atoms with E-state index >= 15 is 0 Å². The van der Waals surface area contributed by atoms with Crippen molar-refractivity contribution >= 4 is 29.7 Å². The van der Waals surface area contributed by atoms with Crippen molar-refractivity contribution in [3.8, 4) is 11.5 Å². The first-order valence-electron chi connectivity index (χ1n) is 16.2.